The van der Waals surface area contributed by atoms with E-state index in [1.807, 2.05) is 30.7 Å². The first-order chi connectivity index (χ1) is 13.0. The summed E-state index contributed by atoms with van der Waals surface area (Å²) in [6, 6.07) is 11.9. The van der Waals surface area contributed by atoms with E-state index in [4.69, 9.17) is 4.74 Å². The van der Waals surface area contributed by atoms with Crippen LogP contribution in [0, 0.1) is 5.82 Å². The maximum absolute atomic E-state index is 13.1. The number of amides is 1. The molecule has 0 bridgehead atoms. The molecule has 2 aromatic carbocycles. The van der Waals surface area contributed by atoms with Crippen LogP contribution in [0.25, 0.3) is 10.9 Å². The summed E-state index contributed by atoms with van der Waals surface area (Å²) >= 11 is 0. The van der Waals surface area contributed by atoms with Crippen LogP contribution in [0.15, 0.2) is 48.7 Å². The quantitative estimate of drug-likeness (QED) is 0.615. The minimum Gasteiger partial charge on any atom is -0.379 e. The Labute approximate surface area is 158 Å². The number of carbonyl (C=O) groups is 1. The van der Waals surface area contributed by atoms with Crippen molar-refractivity contribution in [1.82, 2.24) is 15.1 Å². The minimum absolute atomic E-state index is 0.115. The van der Waals surface area contributed by atoms with Gasteiger partial charge in [-0.2, -0.15) is 5.10 Å². The molecule has 142 valence electrons. The lowest BCUT2D eigenvalue weighted by molar-refractivity contribution is 0.0757. The Morgan fingerprint density at radius 3 is 2.74 bits per heavy atom. The number of hydrogen-bond donors (Lipinski definition) is 1. The lowest BCUT2D eigenvalue weighted by Crippen LogP contribution is -2.25. The van der Waals surface area contributed by atoms with Crippen LogP contribution in [0.5, 0.6) is 0 Å². The van der Waals surface area contributed by atoms with Crippen molar-refractivity contribution in [3.8, 4) is 0 Å². The second kappa shape index (κ2) is 8.77. The monoisotopic (exact) mass is 369 g/mol. The summed E-state index contributed by atoms with van der Waals surface area (Å²) in [5.74, 6) is -0.377. The molecule has 1 heterocycles. The molecule has 27 heavy (non-hydrogen) atoms. The first-order valence-corrected chi connectivity index (χ1v) is 9.13. The zero-order valence-corrected chi connectivity index (χ0v) is 15.6. The molecule has 0 fully saturated rings. The Balaban J connectivity index is 1.67. The number of carbonyl (C=O) groups excluding carboxylic acids is 1. The fourth-order valence-electron chi connectivity index (χ4n) is 2.80. The van der Waals surface area contributed by atoms with E-state index in [9.17, 15) is 9.18 Å². The SMILES string of the molecule is CC(C)OCCCNC(=O)c1ccc2cnn(Cc3ccc(F)cc3)c2c1. The molecule has 0 atom stereocenters. The van der Waals surface area contributed by atoms with Gasteiger partial charge < -0.3 is 10.1 Å². The van der Waals surface area contributed by atoms with E-state index in [0.717, 1.165) is 22.9 Å². The van der Waals surface area contributed by atoms with Gasteiger partial charge in [-0.05, 0) is 50.1 Å². The van der Waals surface area contributed by atoms with Gasteiger partial charge in [-0.3, -0.25) is 9.48 Å². The molecule has 0 spiro atoms. The third-order valence-electron chi connectivity index (χ3n) is 4.21. The van der Waals surface area contributed by atoms with Crippen LogP contribution in [0.3, 0.4) is 0 Å². The van der Waals surface area contributed by atoms with Crippen molar-refractivity contribution in [2.75, 3.05) is 13.2 Å². The average Bonchev–Trinajstić information content (AvgIpc) is 3.05. The van der Waals surface area contributed by atoms with Gasteiger partial charge in [0, 0.05) is 24.1 Å². The van der Waals surface area contributed by atoms with Crippen LogP contribution in [0.2, 0.25) is 0 Å². The largest absolute Gasteiger partial charge is 0.379 e. The van der Waals surface area contributed by atoms with E-state index in [-0.39, 0.29) is 17.8 Å². The molecular weight excluding hydrogens is 345 g/mol. The molecule has 3 aromatic rings. The van der Waals surface area contributed by atoms with Crippen molar-refractivity contribution in [3.05, 3.63) is 65.6 Å². The summed E-state index contributed by atoms with van der Waals surface area (Å²) < 4.78 is 20.4. The number of rotatable bonds is 8. The van der Waals surface area contributed by atoms with Gasteiger partial charge >= 0.3 is 0 Å². The summed E-state index contributed by atoms with van der Waals surface area (Å²) in [6.07, 6.45) is 2.74. The predicted molar refractivity (Wildman–Crippen MR) is 103 cm³/mol. The molecule has 6 heteroatoms. The molecule has 0 aliphatic heterocycles. The molecule has 0 saturated carbocycles. The van der Waals surface area contributed by atoms with Crippen molar-refractivity contribution in [2.45, 2.75) is 32.9 Å². The summed E-state index contributed by atoms with van der Waals surface area (Å²) in [7, 11) is 0. The van der Waals surface area contributed by atoms with Crippen LogP contribution in [-0.4, -0.2) is 34.9 Å². The molecule has 0 aliphatic rings. The molecule has 0 radical (unpaired) electrons. The summed E-state index contributed by atoms with van der Waals surface area (Å²) in [5.41, 5.74) is 2.41. The Hall–Kier alpha value is -2.73. The van der Waals surface area contributed by atoms with Gasteiger partial charge in [0.1, 0.15) is 5.82 Å². The van der Waals surface area contributed by atoms with E-state index < -0.39 is 0 Å². The second-order valence-corrected chi connectivity index (χ2v) is 6.73. The van der Waals surface area contributed by atoms with E-state index in [2.05, 4.69) is 10.4 Å². The highest BCUT2D eigenvalue weighted by Gasteiger charge is 2.10. The molecule has 1 amide bonds. The van der Waals surface area contributed by atoms with Gasteiger partial charge in [0.2, 0.25) is 0 Å². The van der Waals surface area contributed by atoms with Crippen molar-refractivity contribution in [2.24, 2.45) is 0 Å². The normalized spacial score (nSPS) is 11.3. The highest BCUT2D eigenvalue weighted by Crippen LogP contribution is 2.17. The summed E-state index contributed by atoms with van der Waals surface area (Å²) in [4.78, 5) is 12.4. The second-order valence-electron chi connectivity index (χ2n) is 6.73. The first-order valence-electron chi connectivity index (χ1n) is 9.13. The highest BCUT2D eigenvalue weighted by molar-refractivity contribution is 5.97. The summed E-state index contributed by atoms with van der Waals surface area (Å²) in [5, 5.41) is 8.26. The predicted octanol–water partition coefficient (Wildman–Crippen LogP) is 3.77. The number of halogens is 1. The first kappa shape index (κ1) is 19.0. The van der Waals surface area contributed by atoms with Gasteiger partial charge in [-0.25, -0.2) is 4.39 Å². The third kappa shape index (κ3) is 5.14. The topological polar surface area (TPSA) is 56.1 Å². The third-order valence-corrected chi connectivity index (χ3v) is 4.21. The van der Waals surface area contributed by atoms with E-state index in [0.29, 0.717) is 25.3 Å². The molecule has 1 aromatic heterocycles. The Bertz CT molecular complexity index is 903. The van der Waals surface area contributed by atoms with Crippen molar-refractivity contribution < 1.29 is 13.9 Å². The molecular formula is C21H24FN3O2. The summed E-state index contributed by atoms with van der Waals surface area (Å²) in [6.45, 7) is 5.69. The fraction of sp³-hybridized carbons (Fsp3) is 0.333. The average molecular weight is 369 g/mol. The van der Waals surface area contributed by atoms with Crippen molar-refractivity contribution >= 4 is 16.8 Å². The lowest BCUT2D eigenvalue weighted by atomic mass is 10.1. The molecule has 3 rings (SSSR count). The molecule has 0 aliphatic carbocycles. The number of fused-ring (bicyclic) bond motifs is 1. The standard InChI is InChI=1S/C21H24FN3O2/c1-15(2)27-11-3-10-23-21(26)17-6-7-18-13-24-25(20(18)12-17)14-16-4-8-19(22)9-5-16/h4-9,12-13,15H,3,10-11,14H2,1-2H3,(H,23,26). The van der Waals surface area contributed by atoms with E-state index in [1.54, 1.807) is 24.4 Å². The Morgan fingerprint density at radius 2 is 2.00 bits per heavy atom. The Kier molecular flexibility index (Phi) is 6.19. The minimum atomic E-state index is -0.262. The van der Waals surface area contributed by atoms with Gasteiger partial charge in [0.25, 0.3) is 5.91 Å². The molecule has 5 nitrogen and oxygen atoms in total. The van der Waals surface area contributed by atoms with Gasteiger partial charge in [-0.1, -0.05) is 18.2 Å². The number of benzene rings is 2. The van der Waals surface area contributed by atoms with Gasteiger partial charge in [-0.15, -0.1) is 0 Å². The van der Waals surface area contributed by atoms with Crippen LogP contribution >= 0.6 is 0 Å². The van der Waals surface area contributed by atoms with E-state index >= 15 is 0 Å². The van der Waals surface area contributed by atoms with Gasteiger partial charge in [0.05, 0.1) is 24.4 Å². The molecule has 1 N–H and O–H groups in total. The van der Waals surface area contributed by atoms with Crippen LogP contribution < -0.4 is 5.32 Å². The fourth-order valence-corrected chi connectivity index (χ4v) is 2.80. The highest BCUT2D eigenvalue weighted by atomic mass is 19.1. The Morgan fingerprint density at radius 1 is 1.22 bits per heavy atom. The van der Waals surface area contributed by atoms with Crippen LogP contribution in [-0.2, 0) is 11.3 Å². The van der Waals surface area contributed by atoms with Crippen molar-refractivity contribution in [3.63, 3.8) is 0 Å². The maximum Gasteiger partial charge on any atom is 0.251 e. The zero-order valence-electron chi connectivity index (χ0n) is 15.6. The number of hydrogen-bond acceptors (Lipinski definition) is 3. The van der Waals surface area contributed by atoms with Crippen molar-refractivity contribution in [1.29, 1.82) is 0 Å². The van der Waals surface area contributed by atoms with Gasteiger partial charge in [0.15, 0.2) is 0 Å². The lowest BCUT2D eigenvalue weighted by Gasteiger charge is -2.09. The maximum atomic E-state index is 13.1. The number of aromatic nitrogens is 2. The number of ether oxygens (including phenoxy) is 1. The smallest absolute Gasteiger partial charge is 0.251 e. The van der Waals surface area contributed by atoms with Crippen LogP contribution in [0.4, 0.5) is 4.39 Å². The number of nitrogens with one attached hydrogen (secondary N) is 1. The zero-order chi connectivity index (χ0) is 19.2. The molecule has 0 unspecified atom stereocenters. The van der Waals surface area contributed by atoms with Crippen LogP contribution in [0.1, 0.15) is 36.2 Å². The van der Waals surface area contributed by atoms with E-state index in [1.165, 1.54) is 12.1 Å². The number of nitrogens with zero attached hydrogens (tertiary/aromatic N) is 2. The molecule has 0 saturated heterocycles.